The molecule has 0 saturated carbocycles. The third-order valence-corrected chi connectivity index (χ3v) is 27.9. The van der Waals surface area contributed by atoms with Gasteiger partial charge < -0.3 is 18.9 Å². The van der Waals surface area contributed by atoms with Gasteiger partial charge in [-0.15, -0.1) is 47.0 Å². The second kappa shape index (κ2) is 41.0. The van der Waals surface area contributed by atoms with Gasteiger partial charge in [0, 0.05) is 49.4 Å². The number of nitriles is 1. The second-order valence-electron chi connectivity index (χ2n) is 22.5. The maximum atomic E-state index is 9.55. The van der Waals surface area contributed by atoms with Crippen molar-refractivity contribution >= 4 is 94.1 Å². The molecule has 0 amide bonds. The van der Waals surface area contributed by atoms with Crippen molar-refractivity contribution in [1.82, 2.24) is 0 Å². The van der Waals surface area contributed by atoms with Gasteiger partial charge in [-0.3, -0.25) is 0 Å². The van der Waals surface area contributed by atoms with E-state index < -0.39 is 0 Å². The lowest BCUT2D eigenvalue weighted by molar-refractivity contribution is 0.0463. The van der Waals surface area contributed by atoms with E-state index >= 15 is 0 Å². The number of unbranched alkanes of at least 4 members (excludes halogenated alkanes) is 27. The Morgan fingerprint density at radius 2 is 0.768 bits per heavy atom. The summed E-state index contributed by atoms with van der Waals surface area (Å²) in [6.07, 6.45) is 42.9. The first-order chi connectivity index (χ1) is 40.6. The van der Waals surface area contributed by atoms with Crippen LogP contribution in [-0.2, 0) is 15.9 Å². The Balaban J connectivity index is 0.929. The highest BCUT2D eigenvalue weighted by Crippen LogP contribution is 2.67. The third kappa shape index (κ3) is 21.8. The van der Waals surface area contributed by atoms with Crippen LogP contribution in [0.5, 0.6) is 11.5 Å². The molecular formula is C69H99NO4S8. The molecule has 0 radical (unpaired) electrons. The molecule has 5 nitrogen and oxygen atoms in total. The van der Waals surface area contributed by atoms with Crippen LogP contribution in [0, 0.1) is 11.3 Å². The van der Waals surface area contributed by atoms with Gasteiger partial charge in [-0.05, 0) is 83.2 Å². The van der Waals surface area contributed by atoms with Crippen LogP contribution in [0.25, 0.3) is 0 Å². The van der Waals surface area contributed by atoms with Gasteiger partial charge in [0.2, 0.25) is 0 Å². The largest absolute Gasteiger partial charge is 0.467 e. The highest BCUT2D eigenvalue weighted by atomic mass is 32.3. The van der Waals surface area contributed by atoms with Gasteiger partial charge in [-0.25, -0.2) is 0 Å². The molecule has 2 heterocycles. The molecular weight excluding hydrogens is 1160 g/mol. The summed E-state index contributed by atoms with van der Waals surface area (Å²) < 4.78 is 33.1. The zero-order valence-corrected chi connectivity index (χ0v) is 57.1. The van der Waals surface area contributed by atoms with Crippen LogP contribution >= 0.6 is 94.1 Å². The number of hydrogen-bond donors (Lipinski definition) is 0. The molecule has 0 aromatic heterocycles. The van der Waals surface area contributed by atoms with Crippen LogP contribution in [0.1, 0.15) is 264 Å². The molecule has 3 aromatic rings. The zero-order valence-electron chi connectivity index (χ0n) is 50.6. The summed E-state index contributed by atoms with van der Waals surface area (Å²) in [5.41, 5.74) is 8.95. The maximum absolute atomic E-state index is 9.55. The van der Waals surface area contributed by atoms with Gasteiger partial charge in [-0.1, -0.05) is 276 Å². The minimum absolute atomic E-state index is 0.0438. The van der Waals surface area contributed by atoms with E-state index in [9.17, 15) is 5.26 Å². The summed E-state index contributed by atoms with van der Waals surface area (Å²) >= 11 is 16.2. The van der Waals surface area contributed by atoms with E-state index in [1.165, 1.54) is 242 Å². The average molecular weight is 1260 g/mol. The van der Waals surface area contributed by atoms with Crippen molar-refractivity contribution < 1.29 is 18.9 Å². The lowest BCUT2D eigenvalue weighted by Gasteiger charge is -2.43. The zero-order chi connectivity index (χ0) is 57.2. The normalized spacial score (nSPS) is 16.1. The standard InChI is InChI=1S/C69H99NO4S8/c1-5-7-9-11-13-15-17-19-21-23-25-27-29-36-46-75-64-65(76-47-37-30-28-26-24-22-20-18-16-14-12-10-8-6-2)80-68(79-64)69-81-66(67(82-69)78-49-39-45-70)77-48-38-35-40-53-50-58(73-51-71-3)61-59-54-41-31-33-43-56(54)60(57-44-34-32-42-55(57)59)62(61)63(53)74-52-72-4/h31-34,41-44,50,59-60H,5-30,35-40,46-49,51-52H2,1-4H3. The Kier molecular flexibility index (Phi) is 34.1. The molecule has 452 valence electrons. The van der Waals surface area contributed by atoms with Crippen LogP contribution in [0.3, 0.4) is 0 Å². The average Bonchev–Trinajstić information content (AvgIpc) is 1.11. The number of aryl methyl sites for hydroxylation is 1. The Morgan fingerprint density at radius 3 is 1.15 bits per heavy atom. The highest BCUT2D eigenvalue weighted by molar-refractivity contribution is 8.45. The van der Waals surface area contributed by atoms with E-state index in [0.717, 1.165) is 47.8 Å². The quantitative estimate of drug-likeness (QED) is 0.0275. The van der Waals surface area contributed by atoms with Gasteiger partial charge in [-0.2, -0.15) is 5.26 Å². The van der Waals surface area contributed by atoms with Gasteiger partial charge in [0.05, 0.1) is 31.5 Å². The molecule has 0 unspecified atom stereocenters. The van der Waals surface area contributed by atoms with Crippen molar-refractivity contribution in [2.45, 2.75) is 231 Å². The number of methoxy groups -OCH3 is 2. The SMILES string of the molecule is CCCCCCCCCCCCCCCCSC1=C(SCCCCCCCCCCCCCCCC)SC(=C2SC(SCCC#N)=C(SCCCCc3cc(OCOC)c4c(c3OCOC)C3c5ccccc5C4c4ccccc43)S2)S1. The fraction of sp³-hybridized carbons (Fsp3) is 0.638. The summed E-state index contributed by atoms with van der Waals surface area (Å²) in [4.78, 5) is 0. The summed E-state index contributed by atoms with van der Waals surface area (Å²) in [5.74, 6) is 6.23. The molecule has 2 bridgehead atoms. The van der Waals surface area contributed by atoms with E-state index in [0.29, 0.717) is 6.42 Å². The highest BCUT2D eigenvalue weighted by Gasteiger charge is 2.45. The van der Waals surface area contributed by atoms with Crippen molar-refractivity contribution in [1.29, 1.82) is 5.26 Å². The number of hydrogen-bond acceptors (Lipinski definition) is 13. The molecule has 2 aliphatic heterocycles. The minimum Gasteiger partial charge on any atom is -0.467 e. The topological polar surface area (TPSA) is 60.7 Å². The van der Waals surface area contributed by atoms with Gasteiger partial charge in [0.1, 0.15) is 11.5 Å². The van der Waals surface area contributed by atoms with Crippen LogP contribution < -0.4 is 9.47 Å². The molecule has 0 saturated heterocycles. The number of thioether (sulfide) groups is 8. The first-order valence-corrected chi connectivity index (χ1v) is 39.3. The van der Waals surface area contributed by atoms with Gasteiger partial charge in [0.15, 0.2) is 13.6 Å². The van der Waals surface area contributed by atoms with Crippen molar-refractivity contribution in [2.24, 2.45) is 0 Å². The Morgan fingerprint density at radius 1 is 0.427 bits per heavy atom. The second-order valence-corrected chi connectivity index (χ2v) is 32.6. The predicted octanol–water partition coefficient (Wildman–Crippen LogP) is 24.1. The van der Waals surface area contributed by atoms with Crippen LogP contribution in [0.15, 0.2) is 80.0 Å². The fourth-order valence-electron chi connectivity index (χ4n) is 11.8. The number of nitrogens with zero attached hydrogens (tertiary/aromatic N) is 1. The Hall–Kier alpha value is -1.31. The smallest absolute Gasteiger partial charge is 0.188 e. The first-order valence-electron chi connectivity index (χ1n) is 32.0. The molecule has 0 spiro atoms. The van der Waals surface area contributed by atoms with E-state index in [1.54, 1.807) is 22.7 Å². The molecule has 5 aliphatic rings. The molecule has 13 heteroatoms. The van der Waals surface area contributed by atoms with Crippen molar-refractivity contribution in [3.8, 4) is 17.6 Å². The predicted molar refractivity (Wildman–Crippen MR) is 371 cm³/mol. The molecule has 8 rings (SSSR count). The third-order valence-electron chi connectivity index (χ3n) is 16.1. The van der Waals surface area contributed by atoms with Crippen LogP contribution in [0.4, 0.5) is 0 Å². The van der Waals surface area contributed by atoms with Gasteiger partial charge in [0.25, 0.3) is 0 Å². The minimum atomic E-state index is 0.0438. The molecule has 0 N–H and O–H groups in total. The van der Waals surface area contributed by atoms with Crippen molar-refractivity contribution in [3.63, 3.8) is 0 Å². The molecule has 3 aliphatic carbocycles. The molecule has 3 aromatic carbocycles. The number of ether oxygens (including phenoxy) is 4. The lowest BCUT2D eigenvalue weighted by Crippen LogP contribution is -2.29. The molecule has 0 fully saturated rings. The Bertz CT molecular complexity index is 2390. The van der Waals surface area contributed by atoms with E-state index in [1.807, 2.05) is 47.0 Å². The summed E-state index contributed by atoms with van der Waals surface area (Å²) in [6, 6.07) is 22.5. The first kappa shape index (κ1) is 68.2. The summed E-state index contributed by atoms with van der Waals surface area (Å²) in [7, 11) is 3.40. The van der Waals surface area contributed by atoms with Crippen LogP contribution in [0.2, 0.25) is 0 Å². The van der Waals surface area contributed by atoms with Crippen molar-refractivity contribution in [2.75, 3.05) is 50.8 Å². The Labute approximate surface area is 532 Å². The lowest BCUT2D eigenvalue weighted by atomic mass is 9.60. The summed E-state index contributed by atoms with van der Waals surface area (Å²) in [6.45, 7) is 4.99. The molecule has 0 atom stereocenters. The monoisotopic (exact) mass is 1260 g/mol. The van der Waals surface area contributed by atoms with E-state index in [-0.39, 0.29) is 25.4 Å². The fourth-order valence-corrected chi connectivity index (χ4v) is 23.9. The van der Waals surface area contributed by atoms with Gasteiger partial charge >= 0.3 is 0 Å². The summed E-state index contributed by atoms with van der Waals surface area (Å²) in [5, 5.41) is 9.55. The van der Waals surface area contributed by atoms with E-state index in [4.69, 9.17) is 18.9 Å². The number of benzene rings is 3. The van der Waals surface area contributed by atoms with Crippen molar-refractivity contribution in [3.05, 3.63) is 119 Å². The number of rotatable bonds is 47. The van der Waals surface area contributed by atoms with Crippen LogP contribution in [-0.4, -0.2) is 50.8 Å². The molecule has 82 heavy (non-hydrogen) atoms. The maximum Gasteiger partial charge on any atom is 0.188 e. The van der Waals surface area contributed by atoms with E-state index in [2.05, 4.69) is 122 Å².